The maximum atomic E-state index is 11.8. The molecule has 2 N–H and O–H groups in total. The molecule has 20 heavy (non-hydrogen) atoms. The monoisotopic (exact) mass is 340 g/mol. The maximum absolute atomic E-state index is 11.8. The molecule has 110 valence electrons. The van der Waals surface area contributed by atoms with Gasteiger partial charge >= 0.3 is 0 Å². The summed E-state index contributed by atoms with van der Waals surface area (Å²) in [4.78, 5) is 11.8. The van der Waals surface area contributed by atoms with Crippen molar-refractivity contribution < 1.29 is 9.53 Å². The molecule has 0 radical (unpaired) electrons. The van der Waals surface area contributed by atoms with Gasteiger partial charge in [0.05, 0.1) is 11.6 Å². The Balaban J connectivity index is 1.73. The first-order valence-corrected chi connectivity index (χ1v) is 7.78. The molecule has 0 spiro atoms. The summed E-state index contributed by atoms with van der Waals surface area (Å²) in [5.41, 5.74) is 1.06. The number of hydrogen-bond acceptors (Lipinski definition) is 3. The summed E-state index contributed by atoms with van der Waals surface area (Å²) in [7, 11) is 1.64. The lowest BCUT2D eigenvalue weighted by Gasteiger charge is -2.10. The molecule has 0 aromatic heterocycles. The van der Waals surface area contributed by atoms with Crippen molar-refractivity contribution in [2.24, 2.45) is 5.92 Å². The number of ether oxygens (including phenoxy) is 1. The molecule has 1 heterocycles. The van der Waals surface area contributed by atoms with E-state index in [4.69, 9.17) is 4.74 Å². The average molecular weight is 341 g/mol. The zero-order chi connectivity index (χ0) is 14.4. The lowest BCUT2D eigenvalue weighted by atomic mass is 10.0. The average Bonchev–Trinajstić information content (AvgIpc) is 2.96. The molecule has 1 saturated heterocycles. The Morgan fingerprint density at radius 2 is 2.40 bits per heavy atom. The molecule has 1 atom stereocenters. The Morgan fingerprint density at radius 1 is 1.55 bits per heavy atom. The van der Waals surface area contributed by atoms with Gasteiger partial charge in [0.15, 0.2) is 0 Å². The van der Waals surface area contributed by atoms with Crippen LogP contribution in [0.25, 0.3) is 0 Å². The van der Waals surface area contributed by atoms with Crippen molar-refractivity contribution >= 4 is 21.8 Å². The Hall–Kier alpha value is -1.07. The molecule has 1 aromatic carbocycles. The molecule has 4 nitrogen and oxygen atoms in total. The van der Waals surface area contributed by atoms with E-state index >= 15 is 0 Å². The SMILES string of the molecule is COc1ccc(CNC(=O)CCC2CCNC2)cc1Br. The fourth-order valence-corrected chi connectivity index (χ4v) is 2.99. The van der Waals surface area contributed by atoms with Crippen LogP contribution in [0.4, 0.5) is 0 Å². The molecular formula is C15H21BrN2O2. The summed E-state index contributed by atoms with van der Waals surface area (Å²) in [6.07, 6.45) is 2.79. The first-order chi connectivity index (χ1) is 9.69. The van der Waals surface area contributed by atoms with E-state index in [1.807, 2.05) is 18.2 Å². The minimum Gasteiger partial charge on any atom is -0.496 e. The smallest absolute Gasteiger partial charge is 0.220 e. The van der Waals surface area contributed by atoms with Crippen molar-refractivity contribution in [1.29, 1.82) is 0 Å². The van der Waals surface area contributed by atoms with Crippen LogP contribution in [0.1, 0.15) is 24.8 Å². The Kier molecular flexibility index (Phi) is 5.86. The molecule has 5 heteroatoms. The van der Waals surface area contributed by atoms with Gasteiger partial charge in [-0.2, -0.15) is 0 Å². The molecular weight excluding hydrogens is 320 g/mol. The number of methoxy groups -OCH3 is 1. The minimum atomic E-state index is 0.129. The van der Waals surface area contributed by atoms with Gasteiger partial charge in [0.25, 0.3) is 0 Å². The number of hydrogen-bond donors (Lipinski definition) is 2. The van der Waals surface area contributed by atoms with Crippen LogP contribution in [-0.4, -0.2) is 26.1 Å². The van der Waals surface area contributed by atoms with E-state index in [1.54, 1.807) is 7.11 Å². The van der Waals surface area contributed by atoms with E-state index in [0.29, 0.717) is 18.9 Å². The van der Waals surface area contributed by atoms with Gasteiger partial charge in [-0.3, -0.25) is 4.79 Å². The van der Waals surface area contributed by atoms with Gasteiger partial charge in [0, 0.05) is 13.0 Å². The molecule has 2 rings (SSSR count). The minimum absolute atomic E-state index is 0.129. The highest BCUT2D eigenvalue weighted by Crippen LogP contribution is 2.25. The van der Waals surface area contributed by atoms with Crippen molar-refractivity contribution in [2.75, 3.05) is 20.2 Å². The first kappa shape index (κ1) is 15.3. The van der Waals surface area contributed by atoms with Crippen LogP contribution in [0.5, 0.6) is 5.75 Å². The van der Waals surface area contributed by atoms with E-state index in [9.17, 15) is 4.79 Å². The molecule has 1 amide bonds. The molecule has 1 unspecified atom stereocenters. The third kappa shape index (κ3) is 4.49. The van der Waals surface area contributed by atoms with Crippen molar-refractivity contribution in [1.82, 2.24) is 10.6 Å². The summed E-state index contributed by atoms with van der Waals surface area (Å²) in [5, 5.41) is 6.29. The normalized spacial score (nSPS) is 18.0. The quantitative estimate of drug-likeness (QED) is 0.836. The number of rotatable bonds is 6. The number of carbonyl (C=O) groups excluding carboxylic acids is 1. The van der Waals surface area contributed by atoms with E-state index in [2.05, 4.69) is 26.6 Å². The number of halogens is 1. The highest BCUT2D eigenvalue weighted by molar-refractivity contribution is 9.10. The Labute approximate surface area is 128 Å². The first-order valence-electron chi connectivity index (χ1n) is 6.99. The largest absolute Gasteiger partial charge is 0.496 e. The zero-order valence-corrected chi connectivity index (χ0v) is 13.3. The molecule has 0 aliphatic carbocycles. The molecule has 1 fully saturated rings. The van der Waals surface area contributed by atoms with Gasteiger partial charge < -0.3 is 15.4 Å². The highest BCUT2D eigenvalue weighted by Gasteiger charge is 2.15. The van der Waals surface area contributed by atoms with Crippen LogP contribution in [-0.2, 0) is 11.3 Å². The van der Waals surface area contributed by atoms with Crippen LogP contribution in [0.2, 0.25) is 0 Å². The van der Waals surface area contributed by atoms with Gasteiger partial charge in [0.2, 0.25) is 5.91 Å². The maximum Gasteiger partial charge on any atom is 0.220 e. The van der Waals surface area contributed by atoms with Gasteiger partial charge in [-0.25, -0.2) is 0 Å². The number of amides is 1. The molecule has 0 bridgehead atoms. The number of nitrogens with one attached hydrogen (secondary N) is 2. The standard InChI is InChI=1S/C15H21BrN2O2/c1-20-14-4-2-12(8-13(14)16)10-18-15(19)5-3-11-6-7-17-9-11/h2,4,8,11,17H,3,5-7,9-10H2,1H3,(H,18,19). The van der Waals surface area contributed by atoms with E-state index in [-0.39, 0.29) is 5.91 Å². The van der Waals surface area contributed by atoms with Crippen molar-refractivity contribution in [3.63, 3.8) is 0 Å². The predicted octanol–water partition coefficient (Wildman–Crippen LogP) is 2.46. The van der Waals surface area contributed by atoms with Crippen LogP contribution in [0.3, 0.4) is 0 Å². The van der Waals surface area contributed by atoms with Crippen LogP contribution in [0, 0.1) is 5.92 Å². The Morgan fingerprint density at radius 3 is 3.05 bits per heavy atom. The Bertz CT molecular complexity index is 459. The van der Waals surface area contributed by atoms with Gasteiger partial charge in [0.1, 0.15) is 5.75 Å². The number of carbonyl (C=O) groups is 1. The predicted molar refractivity (Wildman–Crippen MR) is 82.8 cm³/mol. The summed E-state index contributed by atoms with van der Waals surface area (Å²) < 4.78 is 6.09. The summed E-state index contributed by atoms with van der Waals surface area (Å²) in [5.74, 6) is 1.59. The molecule has 1 aliphatic rings. The molecule has 1 aromatic rings. The fourth-order valence-electron chi connectivity index (χ4n) is 2.40. The van der Waals surface area contributed by atoms with Crippen molar-refractivity contribution in [2.45, 2.75) is 25.8 Å². The van der Waals surface area contributed by atoms with Crippen molar-refractivity contribution in [3.8, 4) is 5.75 Å². The number of benzene rings is 1. The van der Waals surface area contributed by atoms with Crippen molar-refractivity contribution in [3.05, 3.63) is 28.2 Å². The highest BCUT2D eigenvalue weighted by atomic mass is 79.9. The van der Waals surface area contributed by atoms with Gasteiger partial charge in [-0.1, -0.05) is 6.07 Å². The second-order valence-corrected chi connectivity index (χ2v) is 6.00. The lowest BCUT2D eigenvalue weighted by Crippen LogP contribution is -2.23. The van der Waals surface area contributed by atoms with E-state index in [0.717, 1.165) is 35.3 Å². The zero-order valence-electron chi connectivity index (χ0n) is 11.7. The van der Waals surface area contributed by atoms with E-state index in [1.165, 1.54) is 6.42 Å². The molecule has 1 aliphatic heterocycles. The third-order valence-corrected chi connectivity index (χ3v) is 4.27. The fraction of sp³-hybridized carbons (Fsp3) is 0.533. The lowest BCUT2D eigenvalue weighted by molar-refractivity contribution is -0.121. The van der Waals surface area contributed by atoms with Crippen LogP contribution >= 0.6 is 15.9 Å². The summed E-state index contributed by atoms with van der Waals surface area (Å²) >= 11 is 3.45. The second-order valence-electron chi connectivity index (χ2n) is 5.14. The van der Waals surface area contributed by atoms with Gasteiger partial charge in [-0.05, 0) is 65.5 Å². The van der Waals surface area contributed by atoms with Gasteiger partial charge in [-0.15, -0.1) is 0 Å². The topological polar surface area (TPSA) is 50.4 Å². The summed E-state index contributed by atoms with van der Waals surface area (Å²) in [6, 6.07) is 5.83. The van der Waals surface area contributed by atoms with E-state index < -0.39 is 0 Å². The van der Waals surface area contributed by atoms with Crippen LogP contribution < -0.4 is 15.4 Å². The molecule has 0 saturated carbocycles. The summed E-state index contributed by atoms with van der Waals surface area (Å²) in [6.45, 7) is 2.70. The second kappa shape index (κ2) is 7.64. The third-order valence-electron chi connectivity index (χ3n) is 3.65. The van der Waals surface area contributed by atoms with Crippen LogP contribution in [0.15, 0.2) is 22.7 Å².